The van der Waals surface area contributed by atoms with Crippen LogP contribution >= 0.6 is 15.9 Å². The zero-order chi connectivity index (χ0) is 12.8. The number of carbonyl (C=O) groups excluding carboxylic acids is 1. The quantitative estimate of drug-likeness (QED) is 0.632. The molecule has 0 aliphatic rings. The van der Waals surface area contributed by atoms with Gasteiger partial charge in [-0.25, -0.2) is 4.79 Å². The van der Waals surface area contributed by atoms with Gasteiger partial charge in [-0.2, -0.15) is 5.26 Å². The van der Waals surface area contributed by atoms with E-state index in [1.54, 1.807) is 12.1 Å². The Bertz CT molecular complexity index is 451. The molecule has 0 aromatic heterocycles. The van der Waals surface area contributed by atoms with E-state index in [4.69, 9.17) is 10.00 Å². The van der Waals surface area contributed by atoms with Crippen molar-refractivity contribution in [3.05, 3.63) is 34.9 Å². The first-order valence-corrected chi connectivity index (χ1v) is 6.46. The highest BCUT2D eigenvalue weighted by Gasteiger charge is 2.13. The predicted molar refractivity (Wildman–Crippen MR) is 69.1 cm³/mol. The molecule has 0 bridgehead atoms. The minimum Gasteiger partial charge on any atom is -0.465 e. The number of hydrogen-bond acceptors (Lipinski definition) is 3. The molecule has 17 heavy (non-hydrogen) atoms. The zero-order valence-corrected chi connectivity index (χ0v) is 11.5. The minimum absolute atomic E-state index is 0.183. The van der Waals surface area contributed by atoms with Crippen molar-refractivity contribution in [3.8, 4) is 6.07 Å². The Morgan fingerprint density at radius 3 is 2.71 bits per heavy atom. The number of carbonyl (C=O) groups is 1. The largest absolute Gasteiger partial charge is 0.465 e. The van der Waals surface area contributed by atoms with Gasteiger partial charge in [-0.1, -0.05) is 28.9 Å². The molecule has 90 valence electrons. The van der Waals surface area contributed by atoms with Crippen LogP contribution in [0.1, 0.15) is 40.7 Å². The van der Waals surface area contributed by atoms with Gasteiger partial charge in [-0.15, -0.1) is 0 Å². The third-order valence-electron chi connectivity index (χ3n) is 2.56. The van der Waals surface area contributed by atoms with E-state index in [0.717, 1.165) is 17.5 Å². The number of halogens is 1. The number of esters is 1. The third-order valence-corrected chi connectivity index (χ3v) is 3.20. The van der Waals surface area contributed by atoms with Gasteiger partial charge in [0.05, 0.1) is 24.7 Å². The molecule has 1 aromatic carbocycles. The van der Waals surface area contributed by atoms with Gasteiger partial charge < -0.3 is 4.74 Å². The van der Waals surface area contributed by atoms with Gasteiger partial charge in [0.2, 0.25) is 0 Å². The topological polar surface area (TPSA) is 50.1 Å². The van der Waals surface area contributed by atoms with Gasteiger partial charge in [0.15, 0.2) is 0 Å². The Labute approximate surface area is 110 Å². The van der Waals surface area contributed by atoms with Gasteiger partial charge in [0.1, 0.15) is 0 Å². The summed E-state index contributed by atoms with van der Waals surface area (Å²) in [4.78, 5) is 11.5. The molecule has 3 nitrogen and oxygen atoms in total. The fourth-order valence-corrected chi connectivity index (χ4v) is 1.96. The lowest BCUT2D eigenvalue weighted by molar-refractivity contribution is 0.0600. The molecule has 0 aliphatic heterocycles. The fourth-order valence-electron chi connectivity index (χ4n) is 1.63. The van der Waals surface area contributed by atoms with Crippen LogP contribution < -0.4 is 0 Å². The number of benzene rings is 1. The number of nitriles is 1. The molecule has 0 aliphatic carbocycles. The van der Waals surface area contributed by atoms with Crippen LogP contribution in [0.4, 0.5) is 0 Å². The highest BCUT2D eigenvalue weighted by molar-refractivity contribution is 9.08. The van der Waals surface area contributed by atoms with E-state index in [-0.39, 0.29) is 11.9 Å². The number of ether oxygens (including phenoxy) is 1. The predicted octanol–water partition coefficient (Wildman–Crippen LogP) is 3.39. The van der Waals surface area contributed by atoms with Crippen molar-refractivity contribution in [3.63, 3.8) is 0 Å². The second-order valence-electron chi connectivity index (χ2n) is 3.68. The Balaban J connectivity index is 3.23. The van der Waals surface area contributed by atoms with Crippen molar-refractivity contribution in [2.75, 3.05) is 7.11 Å². The summed E-state index contributed by atoms with van der Waals surface area (Å²) in [5.41, 5.74) is 2.33. The van der Waals surface area contributed by atoms with Crippen molar-refractivity contribution >= 4 is 21.9 Å². The summed E-state index contributed by atoms with van der Waals surface area (Å²) in [6, 6.07) is 7.68. The zero-order valence-electron chi connectivity index (χ0n) is 9.87. The molecule has 0 spiro atoms. The van der Waals surface area contributed by atoms with Crippen LogP contribution in [0.2, 0.25) is 0 Å². The number of alkyl halides is 1. The number of nitrogens with zero attached hydrogens (tertiary/aromatic N) is 1. The van der Waals surface area contributed by atoms with Crippen LogP contribution in [0.15, 0.2) is 18.2 Å². The van der Waals surface area contributed by atoms with Crippen LogP contribution in [0.5, 0.6) is 0 Å². The summed E-state index contributed by atoms with van der Waals surface area (Å²) >= 11 is 3.35. The van der Waals surface area contributed by atoms with E-state index < -0.39 is 0 Å². The average molecular weight is 296 g/mol. The molecule has 0 saturated heterocycles. The number of rotatable bonds is 4. The van der Waals surface area contributed by atoms with Crippen molar-refractivity contribution in [2.24, 2.45) is 0 Å². The van der Waals surface area contributed by atoms with E-state index >= 15 is 0 Å². The molecule has 0 amide bonds. The van der Waals surface area contributed by atoms with Gasteiger partial charge in [0.25, 0.3) is 0 Å². The highest BCUT2D eigenvalue weighted by atomic mass is 79.9. The summed E-state index contributed by atoms with van der Waals surface area (Å²) in [5, 5.41) is 9.70. The van der Waals surface area contributed by atoms with Gasteiger partial charge in [-0.05, 0) is 29.7 Å². The van der Waals surface area contributed by atoms with Crippen molar-refractivity contribution < 1.29 is 9.53 Å². The maximum Gasteiger partial charge on any atom is 0.337 e. The van der Waals surface area contributed by atoms with Crippen LogP contribution in [-0.4, -0.2) is 13.1 Å². The van der Waals surface area contributed by atoms with Crippen molar-refractivity contribution in [1.29, 1.82) is 5.26 Å². The molecule has 0 N–H and O–H groups in total. The first-order valence-electron chi connectivity index (χ1n) is 5.34. The van der Waals surface area contributed by atoms with Crippen LogP contribution in [0, 0.1) is 11.3 Å². The first-order chi connectivity index (χ1) is 8.15. The second-order valence-corrected chi connectivity index (χ2v) is 4.24. The standard InChI is InChI=1S/C13H14BrNO2/c1-3-10(8-15)11-4-9(7-14)5-12(6-11)13(16)17-2/h4-6,10H,3,7H2,1-2H3. The molecule has 0 fully saturated rings. The first kappa shape index (κ1) is 13.7. The number of hydrogen-bond donors (Lipinski definition) is 0. The second kappa shape index (κ2) is 6.41. The lowest BCUT2D eigenvalue weighted by Gasteiger charge is -2.10. The molecule has 1 rings (SSSR count). The molecule has 1 aromatic rings. The summed E-state index contributed by atoms with van der Waals surface area (Å²) in [5.74, 6) is -0.556. The fraction of sp³-hybridized carbons (Fsp3) is 0.385. The Kier molecular flexibility index (Phi) is 5.17. The van der Waals surface area contributed by atoms with E-state index in [1.807, 2.05) is 13.0 Å². The average Bonchev–Trinajstić information content (AvgIpc) is 2.38. The van der Waals surface area contributed by atoms with Crippen molar-refractivity contribution in [2.45, 2.75) is 24.6 Å². The lowest BCUT2D eigenvalue weighted by atomic mass is 9.94. The summed E-state index contributed by atoms with van der Waals surface area (Å²) in [6.07, 6.45) is 0.725. The molecule has 1 unspecified atom stereocenters. The molecular weight excluding hydrogens is 282 g/mol. The van der Waals surface area contributed by atoms with Crippen molar-refractivity contribution in [1.82, 2.24) is 0 Å². The van der Waals surface area contributed by atoms with E-state index in [9.17, 15) is 4.79 Å². The Morgan fingerprint density at radius 1 is 1.53 bits per heavy atom. The van der Waals surface area contributed by atoms with E-state index in [0.29, 0.717) is 10.9 Å². The smallest absolute Gasteiger partial charge is 0.337 e. The normalized spacial score (nSPS) is 11.6. The molecule has 1 atom stereocenters. The van der Waals surface area contributed by atoms with Crippen LogP contribution in [0.3, 0.4) is 0 Å². The van der Waals surface area contributed by atoms with E-state index in [1.165, 1.54) is 7.11 Å². The monoisotopic (exact) mass is 295 g/mol. The lowest BCUT2D eigenvalue weighted by Crippen LogP contribution is -2.04. The Morgan fingerprint density at radius 2 is 2.24 bits per heavy atom. The van der Waals surface area contributed by atoms with Crippen LogP contribution in [-0.2, 0) is 10.1 Å². The number of methoxy groups -OCH3 is 1. The molecule has 0 heterocycles. The van der Waals surface area contributed by atoms with Crippen LogP contribution in [0.25, 0.3) is 0 Å². The third kappa shape index (κ3) is 3.31. The highest BCUT2D eigenvalue weighted by Crippen LogP contribution is 2.23. The van der Waals surface area contributed by atoms with Gasteiger partial charge >= 0.3 is 5.97 Å². The maximum atomic E-state index is 11.5. The van der Waals surface area contributed by atoms with Gasteiger partial charge in [-0.3, -0.25) is 0 Å². The molecule has 0 saturated carbocycles. The SMILES string of the molecule is CCC(C#N)c1cc(CBr)cc(C(=O)OC)c1. The minimum atomic E-state index is -0.373. The molecule has 0 radical (unpaired) electrons. The Hall–Kier alpha value is -1.34. The summed E-state index contributed by atoms with van der Waals surface area (Å²) in [6.45, 7) is 1.95. The maximum absolute atomic E-state index is 11.5. The van der Waals surface area contributed by atoms with Gasteiger partial charge in [0, 0.05) is 5.33 Å². The molecular formula is C13H14BrNO2. The summed E-state index contributed by atoms with van der Waals surface area (Å²) < 4.78 is 4.70. The summed E-state index contributed by atoms with van der Waals surface area (Å²) in [7, 11) is 1.35. The van der Waals surface area contributed by atoms with E-state index in [2.05, 4.69) is 22.0 Å². The molecule has 4 heteroatoms.